The van der Waals surface area contributed by atoms with Gasteiger partial charge in [0.25, 0.3) is 0 Å². The van der Waals surface area contributed by atoms with Gasteiger partial charge in [0.1, 0.15) is 0 Å². The third kappa shape index (κ3) is 4.25. The second kappa shape index (κ2) is 7.68. The van der Waals surface area contributed by atoms with Gasteiger partial charge < -0.3 is 4.90 Å². The van der Waals surface area contributed by atoms with E-state index in [1.54, 1.807) is 18.6 Å². The maximum Gasteiger partial charge on any atom is 0.223 e. The predicted octanol–water partition coefficient (Wildman–Crippen LogP) is 3.11. The molecular formula is C19H21N3O. The van der Waals surface area contributed by atoms with Gasteiger partial charge >= 0.3 is 0 Å². The van der Waals surface area contributed by atoms with Crippen molar-refractivity contribution in [1.82, 2.24) is 14.9 Å². The first-order valence-corrected chi connectivity index (χ1v) is 8.10. The Hall–Kier alpha value is -2.49. The molecule has 1 atom stereocenters. The number of aromatic nitrogens is 2. The van der Waals surface area contributed by atoms with E-state index in [1.165, 1.54) is 5.56 Å². The molecular weight excluding hydrogens is 286 g/mol. The SMILES string of the molecule is O=C(CCc1cnccn1)N1CCCC1C=Cc1ccccc1. The molecule has 0 bridgehead atoms. The highest BCUT2D eigenvalue weighted by Gasteiger charge is 2.26. The lowest BCUT2D eigenvalue weighted by atomic mass is 10.1. The number of nitrogens with zero attached hydrogens (tertiary/aromatic N) is 3. The third-order valence-corrected chi connectivity index (χ3v) is 4.14. The highest BCUT2D eigenvalue weighted by Crippen LogP contribution is 2.20. The normalized spacial score (nSPS) is 17.7. The highest BCUT2D eigenvalue weighted by molar-refractivity contribution is 5.77. The minimum Gasteiger partial charge on any atom is -0.336 e. The molecule has 0 N–H and O–H groups in total. The highest BCUT2D eigenvalue weighted by atomic mass is 16.2. The zero-order chi connectivity index (χ0) is 15.9. The summed E-state index contributed by atoms with van der Waals surface area (Å²) >= 11 is 0. The minimum absolute atomic E-state index is 0.205. The average Bonchev–Trinajstić information content (AvgIpc) is 3.08. The summed E-state index contributed by atoms with van der Waals surface area (Å²) in [5.41, 5.74) is 2.04. The Bertz CT molecular complexity index is 655. The Morgan fingerprint density at radius 3 is 2.91 bits per heavy atom. The van der Waals surface area contributed by atoms with Crippen molar-refractivity contribution in [2.24, 2.45) is 0 Å². The van der Waals surface area contributed by atoms with Crippen LogP contribution in [0.5, 0.6) is 0 Å². The first kappa shape index (κ1) is 15.4. The van der Waals surface area contributed by atoms with Crippen LogP contribution in [0.25, 0.3) is 6.08 Å². The molecule has 3 rings (SSSR count). The number of carbonyl (C=O) groups is 1. The van der Waals surface area contributed by atoms with Crippen molar-refractivity contribution in [2.45, 2.75) is 31.7 Å². The summed E-state index contributed by atoms with van der Waals surface area (Å²) in [7, 11) is 0. The molecule has 1 aromatic heterocycles. The molecule has 0 saturated carbocycles. The van der Waals surface area contributed by atoms with E-state index in [-0.39, 0.29) is 11.9 Å². The second-order valence-corrected chi connectivity index (χ2v) is 5.76. The van der Waals surface area contributed by atoms with Crippen LogP contribution in [-0.4, -0.2) is 33.4 Å². The molecule has 1 aromatic carbocycles. The Kier molecular flexibility index (Phi) is 5.14. The molecule has 0 spiro atoms. The Morgan fingerprint density at radius 2 is 2.13 bits per heavy atom. The molecule has 1 saturated heterocycles. The number of amides is 1. The van der Waals surface area contributed by atoms with Crippen molar-refractivity contribution in [3.63, 3.8) is 0 Å². The Balaban J connectivity index is 1.57. The van der Waals surface area contributed by atoms with Crippen LogP contribution in [0.3, 0.4) is 0 Å². The largest absolute Gasteiger partial charge is 0.336 e. The average molecular weight is 307 g/mol. The van der Waals surface area contributed by atoms with E-state index in [9.17, 15) is 4.79 Å². The maximum atomic E-state index is 12.5. The molecule has 1 amide bonds. The fourth-order valence-corrected chi connectivity index (χ4v) is 2.93. The lowest BCUT2D eigenvalue weighted by Gasteiger charge is -2.22. The topological polar surface area (TPSA) is 46.1 Å². The van der Waals surface area contributed by atoms with E-state index in [0.29, 0.717) is 12.8 Å². The fraction of sp³-hybridized carbons (Fsp3) is 0.316. The number of hydrogen-bond acceptors (Lipinski definition) is 3. The van der Waals surface area contributed by atoms with Gasteiger partial charge in [-0.2, -0.15) is 0 Å². The van der Waals surface area contributed by atoms with Crippen molar-refractivity contribution >= 4 is 12.0 Å². The molecule has 4 heteroatoms. The third-order valence-electron chi connectivity index (χ3n) is 4.14. The molecule has 23 heavy (non-hydrogen) atoms. The van der Waals surface area contributed by atoms with E-state index in [1.807, 2.05) is 23.1 Å². The maximum absolute atomic E-state index is 12.5. The van der Waals surface area contributed by atoms with Crippen LogP contribution in [0.4, 0.5) is 0 Å². The summed E-state index contributed by atoms with van der Waals surface area (Å²) in [5.74, 6) is 0.205. The van der Waals surface area contributed by atoms with E-state index in [4.69, 9.17) is 0 Å². The smallest absolute Gasteiger partial charge is 0.223 e. The standard InChI is InChI=1S/C19H21N3O/c23-19(11-9-17-15-20-12-13-21-17)22-14-4-7-18(22)10-8-16-5-2-1-3-6-16/h1-3,5-6,8,10,12-13,15,18H,4,7,9,11,14H2. The fourth-order valence-electron chi connectivity index (χ4n) is 2.93. The molecule has 2 aromatic rings. The number of hydrogen-bond donors (Lipinski definition) is 0. The minimum atomic E-state index is 0.205. The number of likely N-dealkylation sites (tertiary alicyclic amines) is 1. The number of carbonyl (C=O) groups excluding carboxylic acids is 1. The van der Waals surface area contributed by atoms with Crippen LogP contribution in [0.15, 0.2) is 55.0 Å². The van der Waals surface area contributed by atoms with Crippen molar-refractivity contribution in [1.29, 1.82) is 0 Å². The van der Waals surface area contributed by atoms with Crippen molar-refractivity contribution in [3.8, 4) is 0 Å². The van der Waals surface area contributed by atoms with Gasteiger partial charge in [-0.3, -0.25) is 14.8 Å². The van der Waals surface area contributed by atoms with Crippen LogP contribution in [0, 0.1) is 0 Å². The van der Waals surface area contributed by atoms with Gasteiger partial charge in [0.05, 0.1) is 11.7 Å². The van der Waals surface area contributed by atoms with E-state index >= 15 is 0 Å². The Labute approximate surface area is 136 Å². The number of rotatable bonds is 5. The number of aryl methyl sites for hydroxylation is 1. The number of benzene rings is 1. The monoisotopic (exact) mass is 307 g/mol. The second-order valence-electron chi connectivity index (χ2n) is 5.76. The Morgan fingerprint density at radius 1 is 1.26 bits per heavy atom. The van der Waals surface area contributed by atoms with Gasteiger partial charge in [0, 0.05) is 31.6 Å². The van der Waals surface area contributed by atoms with Gasteiger partial charge in [0.2, 0.25) is 5.91 Å². The van der Waals surface area contributed by atoms with Crippen molar-refractivity contribution in [2.75, 3.05) is 6.54 Å². The summed E-state index contributed by atoms with van der Waals surface area (Å²) in [6, 6.07) is 10.4. The van der Waals surface area contributed by atoms with Crippen LogP contribution < -0.4 is 0 Å². The van der Waals surface area contributed by atoms with Crippen molar-refractivity contribution < 1.29 is 4.79 Å². The van der Waals surface area contributed by atoms with Crippen molar-refractivity contribution in [3.05, 3.63) is 66.3 Å². The van der Waals surface area contributed by atoms with E-state index < -0.39 is 0 Å². The van der Waals surface area contributed by atoms with Crippen LogP contribution in [0.2, 0.25) is 0 Å². The summed E-state index contributed by atoms with van der Waals surface area (Å²) in [6.45, 7) is 0.850. The molecule has 1 unspecified atom stereocenters. The van der Waals surface area contributed by atoms with Crippen LogP contribution in [0.1, 0.15) is 30.5 Å². The molecule has 4 nitrogen and oxygen atoms in total. The quantitative estimate of drug-likeness (QED) is 0.852. The molecule has 1 fully saturated rings. The first-order chi connectivity index (χ1) is 11.3. The summed E-state index contributed by atoms with van der Waals surface area (Å²) < 4.78 is 0. The predicted molar refractivity (Wildman–Crippen MR) is 90.6 cm³/mol. The lowest BCUT2D eigenvalue weighted by molar-refractivity contribution is -0.131. The summed E-state index contributed by atoms with van der Waals surface area (Å²) in [6.07, 6.45) is 12.6. The van der Waals surface area contributed by atoms with E-state index in [0.717, 1.165) is 25.1 Å². The van der Waals surface area contributed by atoms with Crippen LogP contribution in [-0.2, 0) is 11.2 Å². The zero-order valence-corrected chi connectivity index (χ0v) is 13.1. The molecule has 1 aliphatic heterocycles. The van der Waals surface area contributed by atoms with E-state index in [2.05, 4.69) is 34.3 Å². The van der Waals surface area contributed by atoms with Crippen LogP contribution >= 0.6 is 0 Å². The first-order valence-electron chi connectivity index (χ1n) is 8.10. The molecule has 118 valence electrons. The lowest BCUT2D eigenvalue weighted by Crippen LogP contribution is -2.34. The van der Waals surface area contributed by atoms with Gasteiger partial charge in [0.15, 0.2) is 0 Å². The zero-order valence-electron chi connectivity index (χ0n) is 13.1. The molecule has 0 aliphatic carbocycles. The molecule has 1 aliphatic rings. The van der Waals surface area contributed by atoms with Gasteiger partial charge in [-0.05, 0) is 24.8 Å². The van der Waals surface area contributed by atoms with Gasteiger partial charge in [-0.1, -0.05) is 42.5 Å². The molecule has 2 heterocycles. The van der Waals surface area contributed by atoms with Gasteiger partial charge in [-0.15, -0.1) is 0 Å². The molecule has 0 radical (unpaired) electrons. The summed E-state index contributed by atoms with van der Waals surface area (Å²) in [5, 5.41) is 0. The summed E-state index contributed by atoms with van der Waals surface area (Å²) in [4.78, 5) is 22.7. The van der Waals surface area contributed by atoms with Gasteiger partial charge in [-0.25, -0.2) is 0 Å².